The molecule has 1 atom stereocenters. The number of hydrogen-bond acceptors (Lipinski definition) is 2. The lowest BCUT2D eigenvalue weighted by atomic mass is 9.98. The molecule has 1 heterocycles. The van der Waals surface area contributed by atoms with E-state index in [1.54, 1.807) is 0 Å². The van der Waals surface area contributed by atoms with E-state index in [0.717, 1.165) is 11.8 Å². The maximum atomic E-state index is 3.70. The smallest absolute Gasteiger partial charge is 0.0280 e. The van der Waals surface area contributed by atoms with Gasteiger partial charge in [-0.3, -0.25) is 0 Å². The topological polar surface area (TPSA) is 15.3 Å². The summed E-state index contributed by atoms with van der Waals surface area (Å²) in [5.41, 5.74) is 0.369. The van der Waals surface area contributed by atoms with E-state index in [2.05, 4.69) is 44.8 Å². The molecule has 0 saturated carbocycles. The molecule has 18 heavy (non-hydrogen) atoms. The van der Waals surface area contributed by atoms with Crippen LogP contribution in [0.25, 0.3) is 0 Å². The van der Waals surface area contributed by atoms with Crippen molar-refractivity contribution >= 4 is 0 Å². The van der Waals surface area contributed by atoms with Crippen LogP contribution < -0.4 is 5.32 Å². The Balaban J connectivity index is 2.42. The first-order chi connectivity index (χ1) is 8.41. The third-order valence-corrected chi connectivity index (χ3v) is 4.08. The highest BCUT2D eigenvalue weighted by molar-refractivity contribution is 4.91. The van der Waals surface area contributed by atoms with Crippen LogP contribution in [0.2, 0.25) is 0 Å². The van der Waals surface area contributed by atoms with Crippen molar-refractivity contribution in [3.63, 3.8) is 0 Å². The van der Waals surface area contributed by atoms with Crippen molar-refractivity contribution in [3.8, 4) is 0 Å². The van der Waals surface area contributed by atoms with Crippen molar-refractivity contribution in [3.05, 3.63) is 0 Å². The molecule has 2 heteroatoms. The summed E-state index contributed by atoms with van der Waals surface area (Å²) in [6.45, 7) is 16.7. The summed E-state index contributed by atoms with van der Waals surface area (Å²) >= 11 is 0. The lowest BCUT2D eigenvalue weighted by Gasteiger charge is -2.33. The molecule has 1 aliphatic heterocycles. The molecule has 1 saturated heterocycles. The van der Waals surface area contributed by atoms with Crippen LogP contribution >= 0.6 is 0 Å². The Hall–Kier alpha value is -0.0800. The van der Waals surface area contributed by atoms with Gasteiger partial charge in [-0.05, 0) is 64.1 Å². The van der Waals surface area contributed by atoms with Crippen LogP contribution in [-0.4, -0.2) is 36.6 Å². The highest BCUT2D eigenvalue weighted by Gasteiger charge is 2.29. The number of hydrogen-bond donors (Lipinski definition) is 1. The van der Waals surface area contributed by atoms with Gasteiger partial charge in [-0.25, -0.2) is 0 Å². The molecule has 1 aliphatic rings. The van der Waals surface area contributed by atoms with Crippen molar-refractivity contribution in [2.75, 3.05) is 26.2 Å². The monoisotopic (exact) mass is 254 g/mol. The molecule has 108 valence electrons. The summed E-state index contributed by atoms with van der Waals surface area (Å²) in [6.07, 6.45) is 5.34. The van der Waals surface area contributed by atoms with Crippen LogP contribution in [-0.2, 0) is 0 Å². The number of rotatable bonds is 8. The molecule has 0 bridgehead atoms. The molecule has 0 spiro atoms. The molecule has 1 rings (SSSR count). The lowest BCUT2D eigenvalue weighted by molar-refractivity contribution is 0.186. The fourth-order valence-electron chi connectivity index (χ4n) is 2.74. The van der Waals surface area contributed by atoms with Gasteiger partial charge in [0, 0.05) is 12.1 Å². The molecular formula is C16H34N2. The predicted octanol–water partition coefficient (Wildman–Crippen LogP) is 3.52. The second-order valence-electron chi connectivity index (χ2n) is 7.23. The van der Waals surface area contributed by atoms with Crippen LogP contribution in [0.1, 0.15) is 60.3 Å². The van der Waals surface area contributed by atoms with E-state index in [-0.39, 0.29) is 0 Å². The Kier molecular flexibility index (Phi) is 6.65. The summed E-state index contributed by atoms with van der Waals surface area (Å²) < 4.78 is 0. The highest BCUT2D eigenvalue weighted by Crippen LogP contribution is 2.20. The van der Waals surface area contributed by atoms with Crippen LogP contribution in [0.15, 0.2) is 0 Å². The first kappa shape index (κ1) is 16.0. The molecule has 0 aromatic carbocycles. The van der Waals surface area contributed by atoms with Crippen molar-refractivity contribution in [2.24, 2.45) is 11.8 Å². The fraction of sp³-hybridized carbons (Fsp3) is 1.00. The van der Waals surface area contributed by atoms with Gasteiger partial charge in [-0.2, -0.15) is 0 Å². The molecule has 0 aliphatic carbocycles. The van der Waals surface area contributed by atoms with Gasteiger partial charge in [0.15, 0.2) is 0 Å². The quantitative estimate of drug-likeness (QED) is 0.713. The largest absolute Gasteiger partial charge is 0.310 e. The van der Waals surface area contributed by atoms with Crippen LogP contribution in [0.3, 0.4) is 0 Å². The third kappa shape index (κ3) is 6.19. The second kappa shape index (κ2) is 7.49. The van der Waals surface area contributed by atoms with Crippen molar-refractivity contribution in [2.45, 2.75) is 65.8 Å². The van der Waals surface area contributed by atoms with Gasteiger partial charge in [0.1, 0.15) is 0 Å². The average molecular weight is 254 g/mol. The van der Waals surface area contributed by atoms with E-state index in [0.29, 0.717) is 5.54 Å². The Morgan fingerprint density at radius 2 is 1.61 bits per heavy atom. The third-order valence-electron chi connectivity index (χ3n) is 4.08. The van der Waals surface area contributed by atoms with Crippen molar-refractivity contribution in [1.29, 1.82) is 0 Å². The SMILES string of the molecule is CC(C)CCN(CCC(C)C)CC1(C)CCCN1. The first-order valence-corrected chi connectivity index (χ1v) is 7.89. The van der Waals surface area contributed by atoms with E-state index < -0.39 is 0 Å². The molecule has 0 aromatic rings. The Morgan fingerprint density at radius 1 is 1.06 bits per heavy atom. The lowest BCUT2D eigenvalue weighted by Crippen LogP contribution is -2.48. The van der Waals surface area contributed by atoms with Crippen LogP contribution in [0.5, 0.6) is 0 Å². The van der Waals surface area contributed by atoms with E-state index >= 15 is 0 Å². The minimum absolute atomic E-state index is 0.369. The van der Waals surface area contributed by atoms with Gasteiger partial charge >= 0.3 is 0 Å². The van der Waals surface area contributed by atoms with Gasteiger partial charge in [-0.15, -0.1) is 0 Å². The van der Waals surface area contributed by atoms with Gasteiger partial charge in [0.2, 0.25) is 0 Å². The van der Waals surface area contributed by atoms with E-state index in [1.165, 1.54) is 51.9 Å². The minimum Gasteiger partial charge on any atom is -0.310 e. The number of nitrogens with zero attached hydrogens (tertiary/aromatic N) is 1. The minimum atomic E-state index is 0.369. The molecule has 1 unspecified atom stereocenters. The first-order valence-electron chi connectivity index (χ1n) is 7.89. The zero-order chi connectivity index (χ0) is 13.6. The van der Waals surface area contributed by atoms with Gasteiger partial charge < -0.3 is 10.2 Å². The summed E-state index contributed by atoms with van der Waals surface area (Å²) in [4.78, 5) is 2.69. The Bertz CT molecular complexity index is 205. The zero-order valence-electron chi connectivity index (χ0n) is 13.3. The number of nitrogens with one attached hydrogen (secondary N) is 1. The Morgan fingerprint density at radius 3 is 2.00 bits per heavy atom. The van der Waals surface area contributed by atoms with Crippen LogP contribution in [0.4, 0.5) is 0 Å². The molecule has 1 N–H and O–H groups in total. The van der Waals surface area contributed by atoms with Gasteiger partial charge in [0.05, 0.1) is 0 Å². The average Bonchev–Trinajstić information content (AvgIpc) is 2.69. The van der Waals surface area contributed by atoms with Crippen LogP contribution in [0, 0.1) is 11.8 Å². The molecule has 0 amide bonds. The zero-order valence-corrected chi connectivity index (χ0v) is 13.3. The predicted molar refractivity (Wildman–Crippen MR) is 81.0 cm³/mol. The summed E-state index contributed by atoms with van der Waals surface area (Å²) in [5.74, 6) is 1.63. The molecule has 1 fully saturated rings. The maximum absolute atomic E-state index is 3.70. The van der Waals surface area contributed by atoms with Gasteiger partial charge in [-0.1, -0.05) is 27.7 Å². The van der Waals surface area contributed by atoms with E-state index in [1.807, 2.05) is 0 Å². The molecule has 0 aromatic heterocycles. The highest BCUT2D eigenvalue weighted by atomic mass is 15.2. The maximum Gasteiger partial charge on any atom is 0.0280 e. The molecular weight excluding hydrogens is 220 g/mol. The van der Waals surface area contributed by atoms with E-state index in [4.69, 9.17) is 0 Å². The van der Waals surface area contributed by atoms with Gasteiger partial charge in [0.25, 0.3) is 0 Å². The standard InChI is InChI=1S/C16H34N2/c1-14(2)7-11-18(12-8-15(3)4)13-16(5)9-6-10-17-16/h14-15,17H,6-13H2,1-5H3. The summed E-state index contributed by atoms with van der Waals surface area (Å²) in [6, 6.07) is 0. The molecule has 2 nitrogen and oxygen atoms in total. The molecule has 0 radical (unpaired) electrons. The Labute approximate surface area is 115 Å². The second-order valence-corrected chi connectivity index (χ2v) is 7.23. The summed E-state index contributed by atoms with van der Waals surface area (Å²) in [7, 11) is 0. The van der Waals surface area contributed by atoms with E-state index in [9.17, 15) is 0 Å². The van der Waals surface area contributed by atoms with Crippen molar-refractivity contribution < 1.29 is 0 Å². The fourth-order valence-corrected chi connectivity index (χ4v) is 2.74. The normalized spacial score (nSPS) is 24.7. The summed E-state index contributed by atoms with van der Waals surface area (Å²) in [5, 5.41) is 3.70. The van der Waals surface area contributed by atoms with Crippen molar-refractivity contribution in [1.82, 2.24) is 10.2 Å².